The minimum Gasteiger partial charge on any atom is -0.365 e. The fourth-order valence-corrected chi connectivity index (χ4v) is 7.10. The largest absolute Gasteiger partial charge is 0.522 e. The van der Waals surface area contributed by atoms with Crippen molar-refractivity contribution in [1.29, 1.82) is 0 Å². The molecule has 2 aliphatic carbocycles. The molecule has 2 saturated carbocycles. The zero-order chi connectivity index (χ0) is 25.9. The van der Waals surface area contributed by atoms with Gasteiger partial charge in [-0.15, -0.1) is 13.2 Å². The summed E-state index contributed by atoms with van der Waals surface area (Å²) in [5.74, 6) is -2.61. The van der Waals surface area contributed by atoms with Crippen LogP contribution in [0.15, 0.2) is 0 Å². The second-order valence-electron chi connectivity index (χ2n) is 11.5. The predicted octanol–water partition coefficient (Wildman–Crippen LogP) is 1.30. The lowest BCUT2D eigenvalue weighted by atomic mass is 9.63. The SMILES string of the molecule is CC12COC(C(=O)N3C[C@@H]4CCC[C@@H]4[C@H]3C(=O)NC(C[C@@H]3CCNC3=O)C(=O)COC(F)(F)F)(C1)C2. The molecule has 200 valence electrons. The molecule has 3 amide bonds. The van der Waals surface area contributed by atoms with Crippen molar-refractivity contribution in [2.75, 3.05) is 26.3 Å². The van der Waals surface area contributed by atoms with E-state index in [2.05, 4.69) is 22.3 Å². The minimum absolute atomic E-state index is 0.0269. The van der Waals surface area contributed by atoms with Gasteiger partial charge >= 0.3 is 6.36 Å². The van der Waals surface area contributed by atoms with Crippen molar-refractivity contribution in [2.45, 2.75) is 75.9 Å². The Bertz CT molecular complexity index is 950. The fourth-order valence-electron chi connectivity index (χ4n) is 7.10. The topological polar surface area (TPSA) is 114 Å². The fraction of sp³-hybridized carbons (Fsp3) is 0.833. The molecule has 9 nitrogen and oxygen atoms in total. The lowest BCUT2D eigenvalue weighted by Gasteiger charge is -2.44. The summed E-state index contributed by atoms with van der Waals surface area (Å²) in [7, 11) is 0. The molecular weight excluding hydrogens is 483 g/mol. The average molecular weight is 516 g/mol. The molecule has 0 aromatic rings. The third kappa shape index (κ3) is 4.62. The highest BCUT2D eigenvalue weighted by molar-refractivity contribution is 5.96. The molecule has 0 radical (unpaired) electrons. The summed E-state index contributed by atoms with van der Waals surface area (Å²) in [4.78, 5) is 53.6. The van der Waals surface area contributed by atoms with E-state index < -0.39 is 48.3 Å². The third-order valence-corrected chi connectivity index (χ3v) is 8.70. The van der Waals surface area contributed by atoms with Gasteiger partial charge in [-0.25, -0.2) is 0 Å². The van der Waals surface area contributed by atoms with Crippen molar-refractivity contribution in [3.8, 4) is 0 Å². The first kappa shape index (κ1) is 25.4. The van der Waals surface area contributed by atoms with E-state index in [1.54, 1.807) is 4.90 Å². The van der Waals surface area contributed by atoms with Gasteiger partial charge < -0.3 is 20.3 Å². The molecule has 4 heterocycles. The van der Waals surface area contributed by atoms with Gasteiger partial charge in [-0.2, -0.15) is 0 Å². The van der Waals surface area contributed by atoms with E-state index in [-0.39, 0.29) is 35.5 Å². The Morgan fingerprint density at radius 1 is 1.25 bits per heavy atom. The molecule has 1 unspecified atom stereocenters. The van der Waals surface area contributed by atoms with E-state index in [1.807, 2.05) is 0 Å². The number of ether oxygens (including phenoxy) is 2. The smallest absolute Gasteiger partial charge is 0.365 e. The maximum absolute atomic E-state index is 13.6. The molecule has 12 heteroatoms. The lowest BCUT2D eigenvalue weighted by molar-refractivity contribution is -0.321. The molecule has 4 aliphatic heterocycles. The summed E-state index contributed by atoms with van der Waals surface area (Å²) in [6.07, 6.45) is -0.957. The number of carbonyl (C=O) groups excluding carboxylic acids is 4. The van der Waals surface area contributed by atoms with E-state index >= 15 is 0 Å². The highest BCUT2D eigenvalue weighted by Gasteiger charge is 2.66. The number of halogens is 3. The summed E-state index contributed by atoms with van der Waals surface area (Å²) in [5.41, 5.74) is -0.940. The number of fused-ring (bicyclic) bond motifs is 2. The van der Waals surface area contributed by atoms with Crippen LogP contribution in [0, 0.1) is 23.2 Å². The first-order valence-electron chi connectivity index (χ1n) is 12.7. The van der Waals surface area contributed by atoms with Crippen molar-refractivity contribution in [3.05, 3.63) is 0 Å². The Morgan fingerprint density at radius 2 is 2.00 bits per heavy atom. The van der Waals surface area contributed by atoms with Gasteiger partial charge in [0, 0.05) is 19.0 Å². The van der Waals surface area contributed by atoms with Crippen LogP contribution in [0.3, 0.4) is 0 Å². The summed E-state index contributed by atoms with van der Waals surface area (Å²) < 4.78 is 47.3. The zero-order valence-electron chi connectivity index (χ0n) is 20.2. The van der Waals surface area contributed by atoms with Crippen LogP contribution >= 0.6 is 0 Å². The van der Waals surface area contributed by atoms with Crippen LogP contribution < -0.4 is 10.6 Å². The molecule has 0 aromatic heterocycles. The Labute approximate surface area is 206 Å². The highest BCUT2D eigenvalue weighted by atomic mass is 19.4. The van der Waals surface area contributed by atoms with E-state index in [4.69, 9.17) is 4.74 Å². The molecule has 6 aliphatic rings. The summed E-state index contributed by atoms with van der Waals surface area (Å²) >= 11 is 0. The molecule has 2 N–H and O–H groups in total. The molecule has 0 spiro atoms. The predicted molar refractivity (Wildman–Crippen MR) is 117 cm³/mol. The van der Waals surface area contributed by atoms with Crippen LogP contribution in [0.2, 0.25) is 0 Å². The summed E-state index contributed by atoms with van der Waals surface area (Å²) in [6, 6.07) is -2.16. The lowest BCUT2D eigenvalue weighted by Crippen LogP contribution is -2.60. The molecule has 5 atom stereocenters. The number of Topliss-reactive ketones (excluding diaryl/α,β-unsaturated/α-hetero) is 1. The van der Waals surface area contributed by atoms with Crippen molar-refractivity contribution in [2.24, 2.45) is 23.2 Å². The average Bonchev–Trinajstić information content (AvgIpc) is 3.57. The van der Waals surface area contributed by atoms with Crippen molar-refractivity contribution >= 4 is 23.5 Å². The van der Waals surface area contributed by atoms with Gasteiger partial charge in [0.25, 0.3) is 5.91 Å². The number of likely N-dealkylation sites (tertiary alicyclic amines) is 1. The van der Waals surface area contributed by atoms with Crippen LogP contribution in [0.25, 0.3) is 0 Å². The standard InChI is InChI=1S/C24H32F3N3O6/c1-22-10-23(11-22,36-12-22)21(34)30-8-14-3-2-4-15(14)18(30)20(33)29-16(7-13-5-6-28-19(13)32)17(31)9-35-24(25,26)27/h13-16,18H,2-12H2,1H3,(H,28,32)(H,29,33)/t13-,14-,15-,16?,18-,22?,23?/m0/s1. The van der Waals surface area contributed by atoms with Crippen LogP contribution in [0.1, 0.15) is 51.9 Å². The van der Waals surface area contributed by atoms with E-state index in [9.17, 15) is 32.3 Å². The number of nitrogens with one attached hydrogen (secondary N) is 2. The minimum atomic E-state index is -5.00. The zero-order valence-corrected chi connectivity index (χ0v) is 20.2. The highest BCUT2D eigenvalue weighted by Crippen LogP contribution is 2.59. The molecule has 6 fully saturated rings. The maximum atomic E-state index is 13.6. The van der Waals surface area contributed by atoms with Gasteiger partial charge in [0.1, 0.15) is 18.2 Å². The van der Waals surface area contributed by atoms with Gasteiger partial charge in [-0.3, -0.25) is 23.9 Å². The first-order valence-corrected chi connectivity index (χ1v) is 12.7. The first-order chi connectivity index (χ1) is 16.9. The van der Waals surface area contributed by atoms with Crippen LogP contribution in [0.5, 0.6) is 0 Å². The van der Waals surface area contributed by atoms with Gasteiger partial charge in [0.05, 0.1) is 12.6 Å². The van der Waals surface area contributed by atoms with Crippen LogP contribution in [0.4, 0.5) is 13.2 Å². The Hall–Kier alpha value is -2.21. The molecular formula is C24H32F3N3O6. The molecule has 2 bridgehead atoms. The maximum Gasteiger partial charge on any atom is 0.522 e. The van der Waals surface area contributed by atoms with E-state index in [0.717, 1.165) is 19.3 Å². The van der Waals surface area contributed by atoms with Gasteiger partial charge in [0.2, 0.25) is 11.8 Å². The van der Waals surface area contributed by atoms with Gasteiger partial charge in [-0.1, -0.05) is 13.3 Å². The Morgan fingerprint density at radius 3 is 2.61 bits per heavy atom. The monoisotopic (exact) mass is 515 g/mol. The normalized spacial score (nSPS) is 37.9. The van der Waals surface area contributed by atoms with E-state index in [1.165, 1.54) is 0 Å². The number of ketones is 1. The second kappa shape index (κ2) is 8.97. The molecule has 36 heavy (non-hydrogen) atoms. The van der Waals surface area contributed by atoms with E-state index in [0.29, 0.717) is 39.0 Å². The summed E-state index contributed by atoms with van der Waals surface area (Å²) in [5, 5.41) is 5.25. The quantitative estimate of drug-likeness (QED) is 0.504. The van der Waals surface area contributed by atoms with Gasteiger partial charge in [-0.05, 0) is 55.8 Å². The van der Waals surface area contributed by atoms with Gasteiger partial charge in [0.15, 0.2) is 5.78 Å². The van der Waals surface area contributed by atoms with Crippen molar-refractivity contribution < 1.29 is 41.8 Å². The third-order valence-electron chi connectivity index (χ3n) is 8.70. The molecule has 0 aromatic carbocycles. The number of carbonyl (C=O) groups is 4. The number of rotatable bonds is 8. The van der Waals surface area contributed by atoms with Crippen LogP contribution in [-0.2, 0) is 28.7 Å². The number of alkyl halides is 3. The van der Waals surface area contributed by atoms with Crippen molar-refractivity contribution in [1.82, 2.24) is 15.5 Å². The number of nitrogens with zero attached hydrogens (tertiary/aromatic N) is 1. The Kier molecular flexibility index (Phi) is 6.34. The number of amides is 3. The number of hydrogen-bond acceptors (Lipinski definition) is 6. The number of hydrogen-bond donors (Lipinski definition) is 2. The van der Waals surface area contributed by atoms with Crippen LogP contribution in [-0.4, -0.2) is 78.8 Å². The Balaban J connectivity index is 1.33. The molecule has 4 saturated heterocycles. The van der Waals surface area contributed by atoms with Crippen molar-refractivity contribution in [3.63, 3.8) is 0 Å². The second-order valence-corrected chi connectivity index (χ2v) is 11.5. The summed E-state index contributed by atoms with van der Waals surface area (Å²) in [6.45, 7) is 2.11. The molecule has 6 rings (SSSR count).